The summed E-state index contributed by atoms with van der Waals surface area (Å²) in [4.78, 5) is 13.9. The summed E-state index contributed by atoms with van der Waals surface area (Å²) in [6.07, 6.45) is -0.921. The zero-order valence-electron chi connectivity index (χ0n) is 20.8. The molecule has 0 aromatic carbocycles. The van der Waals surface area contributed by atoms with Crippen molar-refractivity contribution in [1.29, 1.82) is 0 Å². The molecule has 2 aliphatic carbocycles. The minimum absolute atomic E-state index is 0.0912. The molecular weight excluding hydrogens is 456 g/mol. The van der Waals surface area contributed by atoms with Crippen LogP contribution in [0.25, 0.3) is 0 Å². The van der Waals surface area contributed by atoms with Gasteiger partial charge in [0.15, 0.2) is 0 Å². The number of hydrogen-bond acceptors (Lipinski definition) is 9. The van der Waals surface area contributed by atoms with Gasteiger partial charge in [-0.1, -0.05) is 32.1 Å². The lowest BCUT2D eigenvalue weighted by molar-refractivity contribution is -0.297. The van der Waals surface area contributed by atoms with E-state index in [-0.39, 0.29) is 24.5 Å². The first kappa shape index (κ1) is 28.2. The largest absolute Gasteiger partial charge is 0.432 e. The van der Waals surface area contributed by atoms with E-state index in [1.165, 1.54) is 0 Å². The Morgan fingerprint density at radius 3 is 2.51 bits per heavy atom. The molecule has 0 aromatic rings. The van der Waals surface area contributed by atoms with Gasteiger partial charge in [0.1, 0.15) is 24.4 Å². The Balaban J connectivity index is 1.90. The lowest BCUT2D eigenvalue weighted by atomic mass is 9.45. The average molecular weight is 499 g/mol. The van der Waals surface area contributed by atoms with E-state index in [1.54, 1.807) is 6.08 Å². The predicted molar refractivity (Wildman–Crippen MR) is 127 cm³/mol. The van der Waals surface area contributed by atoms with Crippen molar-refractivity contribution >= 4 is 5.97 Å². The maximum atomic E-state index is 13.9. The Hall–Kier alpha value is -1.33. The lowest BCUT2D eigenvalue weighted by Gasteiger charge is -2.58. The Morgan fingerprint density at radius 1 is 1.17 bits per heavy atom. The van der Waals surface area contributed by atoms with Crippen molar-refractivity contribution in [3.8, 4) is 0 Å². The zero-order valence-corrected chi connectivity index (χ0v) is 20.8. The van der Waals surface area contributed by atoms with E-state index in [4.69, 9.17) is 9.47 Å². The number of fused-ring (bicyclic) bond motifs is 1. The molecule has 2 saturated carbocycles. The molecule has 3 rings (SSSR count). The van der Waals surface area contributed by atoms with Crippen LogP contribution in [0.3, 0.4) is 0 Å². The van der Waals surface area contributed by atoms with Crippen molar-refractivity contribution in [3.63, 3.8) is 0 Å². The fourth-order valence-electron chi connectivity index (χ4n) is 6.59. The number of esters is 1. The molecule has 0 radical (unpaired) electrons. The third-order valence-corrected chi connectivity index (χ3v) is 9.09. The van der Waals surface area contributed by atoms with Crippen LogP contribution in [0.2, 0.25) is 0 Å². The first-order valence-corrected chi connectivity index (χ1v) is 12.7. The van der Waals surface area contributed by atoms with E-state index < -0.39 is 48.7 Å². The topological polar surface area (TPSA) is 157 Å². The lowest BCUT2D eigenvalue weighted by Crippen LogP contribution is -2.61. The molecule has 0 bridgehead atoms. The van der Waals surface area contributed by atoms with E-state index in [0.717, 1.165) is 30.4 Å². The predicted octanol–water partition coefficient (Wildman–Crippen LogP) is 0.800. The number of ether oxygens (including phenoxy) is 2. The molecule has 3 fully saturated rings. The van der Waals surface area contributed by atoms with Gasteiger partial charge < -0.3 is 40.1 Å². The Labute approximate surface area is 207 Å². The molecule has 0 aromatic heterocycles. The molecule has 9 nitrogen and oxygen atoms in total. The van der Waals surface area contributed by atoms with Crippen LogP contribution in [0, 0.1) is 22.7 Å². The van der Waals surface area contributed by atoms with Gasteiger partial charge in [-0.3, -0.25) is 4.79 Å². The van der Waals surface area contributed by atoms with Gasteiger partial charge in [0.05, 0.1) is 25.2 Å². The van der Waals surface area contributed by atoms with E-state index in [1.807, 2.05) is 0 Å². The van der Waals surface area contributed by atoms with Crippen molar-refractivity contribution in [1.82, 2.24) is 0 Å². The minimum atomic E-state index is -1.66. The monoisotopic (exact) mass is 498 g/mol. The van der Waals surface area contributed by atoms with Gasteiger partial charge in [0.2, 0.25) is 6.29 Å². The quantitative estimate of drug-likeness (QED) is 0.210. The van der Waals surface area contributed by atoms with Crippen molar-refractivity contribution in [3.05, 3.63) is 23.8 Å². The van der Waals surface area contributed by atoms with Crippen LogP contribution in [-0.2, 0) is 14.3 Å². The van der Waals surface area contributed by atoms with E-state index in [9.17, 15) is 35.4 Å². The fourth-order valence-corrected chi connectivity index (χ4v) is 6.59. The SMILES string of the molecule is C=C1CCC[C@H]2[C@@]1(C(=O)O[C@@H]1O[C@H](CO)[C@@H](O)[C@@H](O)[C@@H]1O)CC[C@H](C)[C@]2(C)CC/C(=C/CO)CO. The number of rotatable bonds is 8. The maximum absolute atomic E-state index is 13.9. The molecule has 1 aliphatic heterocycles. The minimum Gasteiger partial charge on any atom is -0.432 e. The Kier molecular flexibility index (Phi) is 9.18. The van der Waals surface area contributed by atoms with Crippen LogP contribution in [0.4, 0.5) is 0 Å². The van der Waals surface area contributed by atoms with Crippen LogP contribution in [-0.4, -0.2) is 87.1 Å². The van der Waals surface area contributed by atoms with Crippen molar-refractivity contribution in [2.24, 2.45) is 22.7 Å². The first-order valence-electron chi connectivity index (χ1n) is 12.7. The molecule has 9 heteroatoms. The van der Waals surface area contributed by atoms with E-state index in [0.29, 0.717) is 31.6 Å². The van der Waals surface area contributed by atoms with Gasteiger partial charge in [-0.2, -0.15) is 0 Å². The van der Waals surface area contributed by atoms with Gasteiger partial charge in [0.25, 0.3) is 0 Å². The number of hydrogen-bond donors (Lipinski definition) is 6. The smallest absolute Gasteiger partial charge is 0.318 e. The van der Waals surface area contributed by atoms with Gasteiger partial charge in [-0.25, -0.2) is 0 Å². The second-order valence-electron chi connectivity index (χ2n) is 10.8. The van der Waals surface area contributed by atoms with E-state index >= 15 is 0 Å². The summed E-state index contributed by atoms with van der Waals surface area (Å²) in [7, 11) is 0. The number of aliphatic hydroxyl groups is 6. The molecule has 35 heavy (non-hydrogen) atoms. The van der Waals surface area contributed by atoms with Crippen LogP contribution in [0.1, 0.15) is 58.8 Å². The highest BCUT2D eigenvalue weighted by Crippen LogP contribution is 2.63. The van der Waals surface area contributed by atoms with Crippen LogP contribution < -0.4 is 0 Å². The Morgan fingerprint density at radius 2 is 1.89 bits per heavy atom. The molecule has 9 atom stereocenters. The van der Waals surface area contributed by atoms with Crippen LogP contribution in [0.5, 0.6) is 0 Å². The van der Waals surface area contributed by atoms with Gasteiger partial charge in [0, 0.05) is 0 Å². The van der Waals surface area contributed by atoms with E-state index in [2.05, 4.69) is 20.4 Å². The van der Waals surface area contributed by atoms with Crippen molar-refractivity contribution in [2.45, 2.75) is 89.5 Å². The third-order valence-electron chi connectivity index (χ3n) is 9.09. The van der Waals surface area contributed by atoms with Gasteiger partial charge in [-0.15, -0.1) is 0 Å². The molecule has 0 spiro atoms. The summed E-state index contributed by atoms with van der Waals surface area (Å²) in [5.74, 6) is -0.366. The number of aliphatic hydroxyl groups excluding tert-OH is 6. The van der Waals surface area contributed by atoms with Crippen LogP contribution in [0.15, 0.2) is 23.8 Å². The summed E-state index contributed by atoms with van der Waals surface area (Å²) in [5.41, 5.74) is 0.281. The zero-order chi connectivity index (χ0) is 26.0. The highest BCUT2D eigenvalue weighted by molar-refractivity contribution is 5.82. The average Bonchev–Trinajstić information content (AvgIpc) is 2.84. The fraction of sp³-hybridized carbons (Fsp3) is 0.808. The molecule has 0 amide bonds. The van der Waals surface area contributed by atoms with Crippen molar-refractivity contribution < 1.29 is 44.9 Å². The van der Waals surface area contributed by atoms with Crippen LogP contribution >= 0.6 is 0 Å². The summed E-state index contributed by atoms with van der Waals surface area (Å²) in [5, 5.41) is 59.1. The molecule has 200 valence electrons. The molecule has 3 aliphatic rings. The number of carbonyl (C=O) groups excluding carboxylic acids is 1. The first-order chi connectivity index (χ1) is 16.6. The highest BCUT2D eigenvalue weighted by atomic mass is 16.7. The standard InChI is InChI=1S/C26H42O9/c1-15-7-11-26(24(33)35-23-22(32)21(31)20(30)18(14-29)34-23)16(2)5-4-6-19(26)25(15,3)10-8-17(13-28)9-12-27/h9,15,18-23,27-32H,2,4-8,10-14H2,1,3H3/b17-9-/t15-,18+,19+,20+,21+,22-,23-,25-,26+/m0/s1. The third kappa shape index (κ3) is 5.09. The van der Waals surface area contributed by atoms with Gasteiger partial charge >= 0.3 is 5.97 Å². The molecule has 6 N–H and O–H groups in total. The Bertz CT molecular complexity index is 796. The molecular formula is C26H42O9. The highest BCUT2D eigenvalue weighted by Gasteiger charge is 2.61. The maximum Gasteiger partial charge on any atom is 0.318 e. The summed E-state index contributed by atoms with van der Waals surface area (Å²) >= 11 is 0. The molecule has 0 unspecified atom stereocenters. The summed E-state index contributed by atoms with van der Waals surface area (Å²) < 4.78 is 11.2. The number of carbonyl (C=O) groups is 1. The summed E-state index contributed by atoms with van der Waals surface area (Å²) in [6.45, 7) is 7.74. The summed E-state index contributed by atoms with van der Waals surface area (Å²) in [6, 6.07) is 0. The van der Waals surface area contributed by atoms with Crippen molar-refractivity contribution in [2.75, 3.05) is 19.8 Å². The second-order valence-corrected chi connectivity index (χ2v) is 10.8. The normalized spacial score (nSPS) is 42.5. The second kappa shape index (κ2) is 11.4. The van der Waals surface area contributed by atoms with Gasteiger partial charge in [-0.05, 0) is 67.8 Å². The molecule has 1 saturated heterocycles. The molecule has 1 heterocycles.